The molecule has 1 aliphatic carbocycles. The molecule has 0 atom stereocenters. The van der Waals surface area contributed by atoms with Crippen molar-refractivity contribution in [2.45, 2.75) is 39.2 Å². The second-order valence-electron chi connectivity index (χ2n) is 5.27. The molecule has 4 heteroatoms. The summed E-state index contributed by atoms with van der Waals surface area (Å²) in [5, 5.41) is 0. The summed E-state index contributed by atoms with van der Waals surface area (Å²) in [5.74, 6) is 1.73. The summed E-state index contributed by atoms with van der Waals surface area (Å²) in [6, 6.07) is 2.06. The molecular formula is C14H18ClN3. The van der Waals surface area contributed by atoms with Gasteiger partial charge in [0.05, 0.1) is 11.7 Å². The number of aromatic nitrogens is 3. The van der Waals surface area contributed by atoms with E-state index in [0.29, 0.717) is 11.3 Å². The maximum atomic E-state index is 5.89. The molecule has 0 aromatic carbocycles. The molecule has 0 N–H and O–H groups in total. The highest BCUT2D eigenvalue weighted by molar-refractivity contribution is 6.17. The molecule has 3 nitrogen and oxygen atoms in total. The van der Waals surface area contributed by atoms with E-state index in [1.54, 1.807) is 0 Å². The van der Waals surface area contributed by atoms with Gasteiger partial charge in [-0.1, -0.05) is 6.92 Å². The monoisotopic (exact) mass is 263 g/mol. The smallest absolute Gasteiger partial charge is 0.111 e. The van der Waals surface area contributed by atoms with E-state index in [1.165, 1.54) is 24.8 Å². The first-order chi connectivity index (χ1) is 8.78. The number of halogens is 1. The van der Waals surface area contributed by atoms with Crippen molar-refractivity contribution in [3.8, 4) is 0 Å². The molecule has 0 saturated heterocycles. The molecular weight excluding hydrogens is 246 g/mol. The highest BCUT2D eigenvalue weighted by Gasteiger charge is 2.41. The molecule has 96 valence electrons. The topological polar surface area (TPSA) is 30.7 Å². The first kappa shape index (κ1) is 12.0. The van der Waals surface area contributed by atoms with Crippen LogP contribution in [0.1, 0.15) is 32.0 Å². The zero-order valence-electron chi connectivity index (χ0n) is 10.7. The van der Waals surface area contributed by atoms with Crippen LogP contribution in [-0.4, -0.2) is 20.4 Å². The van der Waals surface area contributed by atoms with Gasteiger partial charge in [-0.15, -0.1) is 11.6 Å². The van der Waals surface area contributed by atoms with Crippen molar-refractivity contribution in [2.75, 3.05) is 5.88 Å². The number of fused-ring (bicyclic) bond motifs is 1. The molecule has 0 aliphatic heterocycles. The third kappa shape index (κ3) is 2.01. The molecule has 18 heavy (non-hydrogen) atoms. The lowest BCUT2D eigenvalue weighted by atomic mass is 10.0. The molecule has 0 amide bonds. The van der Waals surface area contributed by atoms with E-state index in [-0.39, 0.29) is 0 Å². The van der Waals surface area contributed by atoms with Crippen LogP contribution in [0.4, 0.5) is 0 Å². The molecule has 1 fully saturated rings. The number of hydrogen-bond acceptors (Lipinski definition) is 2. The predicted molar refractivity (Wildman–Crippen MR) is 73.9 cm³/mol. The lowest BCUT2D eigenvalue weighted by Crippen LogP contribution is -2.13. The molecule has 0 unspecified atom stereocenters. The number of pyridine rings is 1. The zero-order valence-corrected chi connectivity index (χ0v) is 11.5. The van der Waals surface area contributed by atoms with Gasteiger partial charge in [0.15, 0.2) is 0 Å². The minimum Gasteiger partial charge on any atom is -0.327 e. The van der Waals surface area contributed by atoms with Crippen LogP contribution in [0.3, 0.4) is 0 Å². The average Bonchev–Trinajstić information content (AvgIpc) is 3.09. The Balaban J connectivity index is 2.03. The Bertz CT molecular complexity index is 557. The highest BCUT2D eigenvalue weighted by atomic mass is 35.5. The lowest BCUT2D eigenvalue weighted by Gasteiger charge is -2.16. The number of nitrogens with zero attached hydrogens (tertiary/aromatic N) is 3. The fourth-order valence-corrected chi connectivity index (χ4v) is 2.79. The van der Waals surface area contributed by atoms with Gasteiger partial charge < -0.3 is 4.57 Å². The summed E-state index contributed by atoms with van der Waals surface area (Å²) < 4.78 is 2.36. The van der Waals surface area contributed by atoms with Crippen molar-refractivity contribution in [2.24, 2.45) is 5.41 Å². The van der Waals surface area contributed by atoms with E-state index in [4.69, 9.17) is 11.6 Å². The fourth-order valence-electron chi connectivity index (χ4n) is 2.62. The van der Waals surface area contributed by atoms with Crippen LogP contribution in [0.2, 0.25) is 0 Å². The van der Waals surface area contributed by atoms with Crippen LogP contribution in [0.15, 0.2) is 18.5 Å². The van der Waals surface area contributed by atoms with Crippen molar-refractivity contribution in [1.82, 2.24) is 14.5 Å². The molecule has 3 rings (SSSR count). The molecule has 2 heterocycles. The standard InChI is InChI=1S/C14H18ClN3/c1-2-14(5-6-14)10-18-12-4-8-16-9-11(12)17-13(18)3-7-15/h4,8-9H,2-3,5-7,10H2,1H3. The van der Waals surface area contributed by atoms with Crippen LogP contribution < -0.4 is 0 Å². The quantitative estimate of drug-likeness (QED) is 0.774. The van der Waals surface area contributed by atoms with Crippen molar-refractivity contribution in [1.29, 1.82) is 0 Å². The van der Waals surface area contributed by atoms with Gasteiger partial charge in [-0.3, -0.25) is 4.98 Å². The van der Waals surface area contributed by atoms with Gasteiger partial charge in [0, 0.05) is 25.0 Å². The molecule has 2 aromatic heterocycles. The van der Waals surface area contributed by atoms with E-state index in [0.717, 1.165) is 24.3 Å². The highest BCUT2D eigenvalue weighted by Crippen LogP contribution is 2.50. The number of rotatable bonds is 5. The molecule has 0 spiro atoms. The van der Waals surface area contributed by atoms with Crippen LogP contribution in [0.5, 0.6) is 0 Å². The summed E-state index contributed by atoms with van der Waals surface area (Å²) in [7, 11) is 0. The molecule has 0 bridgehead atoms. The summed E-state index contributed by atoms with van der Waals surface area (Å²) >= 11 is 5.89. The van der Waals surface area contributed by atoms with E-state index >= 15 is 0 Å². The average molecular weight is 264 g/mol. The molecule has 0 radical (unpaired) electrons. The van der Waals surface area contributed by atoms with E-state index in [1.807, 2.05) is 12.4 Å². The largest absolute Gasteiger partial charge is 0.327 e. The fraction of sp³-hybridized carbons (Fsp3) is 0.571. The maximum Gasteiger partial charge on any atom is 0.111 e. The minimum atomic E-state index is 0.512. The first-order valence-corrected chi connectivity index (χ1v) is 7.16. The number of hydrogen-bond donors (Lipinski definition) is 0. The second kappa shape index (κ2) is 4.54. The van der Waals surface area contributed by atoms with Gasteiger partial charge in [0.1, 0.15) is 11.3 Å². The zero-order chi connectivity index (χ0) is 12.6. The van der Waals surface area contributed by atoms with Crippen molar-refractivity contribution in [3.05, 3.63) is 24.3 Å². The Morgan fingerprint density at radius 2 is 2.28 bits per heavy atom. The van der Waals surface area contributed by atoms with Crippen molar-refractivity contribution < 1.29 is 0 Å². The number of aryl methyl sites for hydroxylation is 1. The normalized spacial score (nSPS) is 17.2. The Morgan fingerprint density at radius 1 is 1.44 bits per heavy atom. The van der Waals surface area contributed by atoms with E-state index in [9.17, 15) is 0 Å². The number of alkyl halides is 1. The predicted octanol–water partition coefficient (Wildman–Crippen LogP) is 3.40. The molecule has 1 aliphatic rings. The number of imidazole rings is 1. The van der Waals surface area contributed by atoms with Gasteiger partial charge in [-0.05, 0) is 30.7 Å². The van der Waals surface area contributed by atoms with Crippen LogP contribution in [0, 0.1) is 5.41 Å². The molecule has 2 aromatic rings. The van der Waals surface area contributed by atoms with Gasteiger partial charge in [-0.2, -0.15) is 0 Å². The maximum absolute atomic E-state index is 5.89. The van der Waals surface area contributed by atoms with E-state index in [2.05, 4.69) is 27.5 Å². The molecule has 1 saturated carbocycles. The van der Waals surface area contributed by atoms with Crippen molar-refractivity contribution >= 4 is 22.6 Å². The summed E-state index contributed by atoms with van der Waals surface area (Å²) in [6.07, 6.45) is 8.45. The lowest BCUT2D eigenvalue weighted by molar-refractivity contribution is 0.408. The van der Waals surface area contributed by atoms with Gasteiger partial charge in [0.2, 0.25) is 0 Å². The second-order valence-corrected chi connectivity index (χ2v) is 5.65. The van der Waals surface area contributed by atoms with Crippen LogP contribution in [0.25, 0.3) is 11.0 Å². The Kier molecular flexibility index (Phi) is 3.02. The van der Waals surface area contributed by atoms with Gasteiger partial charge in [0.25, 0.3) is 0 Å². The Morgan fingerprint density at radius 3 is 2.94 bits per heavy atom. The van der Waals surface area contributed by atoms with Crippen molar-refractivity contribution in [3.63, 3.8) is 0 Å². The Labute approximate surface area is 112 Å². The summed E-state index contributed by atoms with van der Waals surface area (Å²) in [6.45, 7) is 3.37. The Hall–Kier alpha value is -1.09. The first-order valence-electron chi connectivity index (χ1n) is 6.63. The third-order valence-electron chi connectivity index (χ3n) is 4.15. The summed E-state index contributed by atoms with van der Waals surface area (Å²) in [4.78, 5) is 8.82. The third-order valence-corrected chi connectivity index (χ3v) is 4.34. The van der Waals surface area contributed by atoms with Crippen LogP contribution >= 0.6 is 11.6 Å². The van der Waals surface area contributed by atoms with Gasteiger partial charge in [-0.25, -0.2) is 4.98 Å². The minimum absolute atomic E-state index is 0.512. The van der Waals surface area contributed by atoms with Gasteiger partial charge >= 0.3 is 0 Å². The van der Waals surface area contributed by atoms with E-state index < -0.39 is 0 Å². The van der Waals surface area contributed by atoms with Crippen LogP contribution in [-0.2, 0) is 13.0 Å². The summed E-state index contributed by atoms with van der Waals surface area (Å²) in [5.41, 5.74) is 2.70. The SMILES string of the molecule is CCC1(Cn2c(CCCl)nc3cnccc32)CC1.